The van der Waals surface area contributed by atoms with Crippen molar-refractivity contribution in [2.75, 3.05) is 23.7 Å². The van der Waals surface area contributed by atoms with Crippen molar-refractivity contribution >= 4 is 11.8 Å². The van der Waals surface area contributed by atoms with Crippen molar-refractivity contribution in [3.63, 3.8) is 0 Å². The van der Waals surface area contributed by atoms with Crippen molar-refractivity contribution in [3.05, 3.63) is 28.2 Å². The maximum Gasteiger partial charge on any atom is 0.222 e. The molecule has 5 rings (SSSR count). The second-order valence-corrected chi connectivity index (χ2v) is 7.12. The van der Waals surface area contributed by atoms with E-state index in [1.54, 1.807) is 0 Å². The summed E-state index contributed by atoms with van der Waals surface area (Å²) in [6.45, 7) is 3.60. The largest absolute Gasteiger partial charge is 0.368 e. The van der Waals surface area contributed by atoms with Gasteiger partial charge < -0.3 is 16.0 Å². The number of hydrogen-bond donors (Lipinski definition) is 3. The first-order chi connectivity index (χ1) is 11.8. The van der Waals surface area contributed by atoms with Crippen molar-refractivity contribution in [2.45, 2.75) is 51.1 Å². The number of aromatic amines is 1. The number of fused-ring (bicyclic) bond motifs is 2. The highest BCUT2D eigenvalue weighted by Gasteiger charge is 2.31. The fourth-order valence-corrected chi connectivity index (χ4v) is 4.14. The molecule has 3 aliphatic rings. The van der Waals surface area contributed by atoms with E-state index >= 15 is 0 Å². The maximum atomic E-state index is 5.98. The molecule has 2 aromatic rings. The van der Waals surface area contributed by atoms with Crippen LogP contribution < -0.4 is 16.0 Å². The molecule has 0 aromatic carbocycles. The first kappa shape index (κ1) is 14.2. The van der Waals surface area contributed by atoms with E-state index in [2.05, 4.69) is 30.4 Å². The van der Waals surface area contributed by atoms with Crippen LogP contribution >= 0.6 is 0 Å². The number of nitrogens with zero attached hydrogens (tertiary/aromatic N) is 4. The lowest BCUT2D eigenvalue weighted by atomic mass is 9.80. The summed E-state index contributed by atoms with van der Waals surface area (Å²) in [6.07, 6.45) is 5.84. The number of rotatable bonds is 2. The maximum absolute atomic E-state index is 5.98. The quantitative estimate of drug-likeness (QED) is 0.769. The van der Waals surface area contributed by atoms with E-state index in [9.17, 15) is 0 Å². The van der Waals surface area contributed by atoms with E-state index in [1.807, 2.05) is 0 Å². The Morgan fingerprint density at radius 1 is 1.12 bits per heavy atom. The topological polar surface area (TPSA) is 95.8 Å². The average molecular weight is 325 g/mol. The molecule has 2 aliphatic heterocycles. The van der Waals surface area contributed by atoms with Gasteiger partial charge in [-0.25, -0.2) is 4.98 Å². The van der Waals surface area contributed by atoms with Crippen molar-refractivity contribution in [3.8, 4) is 0 Å². The summed E-state index contributed by atoms with van der Waals surface area (Å²) in [5.74, 6) is 2.06. The lowest BCUT2D eigenvalue weighted by Gasteiger charge is -2.33. The van der Waals surface area contributed by atoms with Crippen LogP contribution in [0.15, 0.2) is 0 Å². The SMILES string of the molecule is Nc1nc2c(c(N3CCc4[nH]nc(C5CCC5)c4C3)n1)CCNC2. The number of nitrogens with two attached hydrogens (primary N) is 1. The number of aromatic nitrogens is 4. The fourth-order valence-electron chi connectivity index (χ4n) is 4.14. The van der Waals surface area contributed by atoms with E-state index in [4.69, 9.17) is 5.73 Å². The van der Waals surface area contributed by atoms with Crippen molar-refractivity contribution in [1.29, 1.82) is 0 Å². The molecule has 0 atom stereocenters. The van der Waals surface area contributed by atoms with Crippen molar-refractivity contribution < 1.29 is 0 Å². The predicted molar refractivity (Wildman–Crippen MR) is 91.8 cm³/mol. The zero-order valence-electron chi connectivity index (χ0n) is 13.8. The highest BCUT2D eigenvalue weighted by molar-refractivity contribution is 5.55. The van der Waals surface area contributed by atoms with Crippen LogP contribution in [0.3, 0.4) is 0 Å². The zero-order valence-corrected chi connectivity index (χ0v) is 13.8. The van der Waals surface area contributed by atoms with E-state index < -0.39 is 0 Å². The Balaban J connectivity index is 1.51. The van der Waals surface area contributed by atoms with Gasteiger partial charge in [-0.2, -0.15) is 10.1 Å². The standard InChI is InChI=1S/C17H23N7/c18-17-20-14-8-19-6-4-11(14)16(21-17)24-7-5-13-12(9-24)15(23-22-13)10-2-1-3-10/h10,19H,1-9H2,(H,22,23)(H2,18,20,21). The van der Waals surface area contributed by atoms with Gasteiger partial charge in [0.15, 0.2) is 0 Å². The Bertz CT molecular complexity index is 777. The van der Waals surface area contributed by atoms with E-state index in [1.165, 1.54) is 41.8 Å². The number of H-pyrrole nitrogens is 1. The lowest BCUT2D eigenvalue weighted by molar-refractivity contribution is 0.408. The van der Waals surface area contributed by atoms with Gasteiger partial charge >= 0.3 is 0 Å². The van der Waals surface area contributed by atoms with Crippen LogP contribution in [0.1, 0.15) is 53.4 Å². The van der Waals surface area contributed by atoms with Crippen LogP contribution in [0.2, 0.25) is 0 Å². The van der Waals surface area contributed by atoms with Gasteiger partial charge in [0, 0.05) is 48.8 Å². The van der Waals surface area contributed by atoms with Gasteiger partial charge in [0.05, 0.1) is 11.4 Å². The summed E-state index contributed by atoms with van der Waals surface area (Å²) >= 11 is 0. The predicted octanol–water partition coefficient (Wildman–Crippen LogP) is 1.26. The minimum Gasteiger partial charge on any atom is -0.368 e. The summed E-state index contributed by atoms with van der Waals surface area (Å²) in [6, 6.07) is 0. The summed E-state index contributed by atoms with van der Waals surface area (Å²) < 4.78 is 0. The van der Waals surface area contributed by atoms with Gasteiger partial charge in [-0.1, -0.05) is 6.42 Å². The molecule has 2 aromatic heterocycles. The lowest BCUT2D eigenvalue weighted by Crippen LogP contribution is -2.35. The minimum absolute atomic E-state index is 0.379. The molecule has 0 bridgehead atoms. The molecular weight excluding hydrogens is 302 g/mol. The summed E-state index contributed by atoms with van der Waals surface area (Å²) in [4.78, 5) is 11.4. The normalized spacial score (nSPS) is 20.4. The van der Waals surface area contributed by atoms with Crippen LogP contribution in [-0.2, 0) is 25.9 Å². The van der Waals surface area contributed by atoms with Gasteiger partial charge in [0.25, 0.3) is 0 Å². The van der Waals surface area contributed by atoms with Crippen LogP contribution in [0.25, 0.3) is 0 Å². The third-order valence-corrected chi connectivity index (χ3v) is 5.69. The van der Waals surface area contributed by atoms with Crippen LogP contribution in [0.5, 0.6) is 0 Å². The second kappa shape index (κ2) is 5.44. The molecule has 1 fully saturated rings. The number of nitrogens with one attached hydrogen (secondary N) is 2. The van der Waals surface area contributed by atoms with Crippen LogP contribution in [-0.4, -0.2) is 33.3 Å². The van der Waals surface area contributed by atoms with Gasteiger partial charge in [-0.3, -0.25) is 5.10 Å². The Hall–Kier alpha value is -2.15. The van der Waals surface area contributed by atoms with Gasteiger partial charge in [-0.15, -0.1) is 0 Å². The van der Waals surface area contributed by atoms with Gasteiger partial charge in [0.1, 0.15) is 5.82 Å². The first-order valence-electron chi connectivity index (χ1n) is 8.96. The first-order valence-corrected chi connectivity index (χ1v) is 8.96. The molecular formula is C17H23N7. The Kier molecular flexibility index (Phi) is 3.22. The summed E-state index contributed by atoms with van der Waals surface area (Å²) in [5, 5.41) is 11.3. The molecule has 1 saturated carbocycles. The Morgan fingerprint density at radius 3 is 2.88 bits per heavy atom. The molecule has 0 amide bonds. The second-order valence-electron chi connectivity index (χ2n) is 7.12. The molecule has 4 heterocycles. The molecule has 7 heteroatoms. The molecule has 0 unspecified atom stereocenters. The molecule has 126 valence electrons. The van der Waals surface area contributed by atoms with Crippen LogP contribution in [0, 0.1) is 0 Å². The van der Waals surface area contributed by atoms with Gasteiger partial charge in [-0.05, 0) is 25.8 Å². The molecule has 0 saturated heterocycles. The third kappa shape index (κ3) is 2.18. The molecule has 4 N–H and O–H groups in total. The number of hydrogen-bond acceptors (Lipinski definition) is 6. The summed E-state index contributed by atoms with van der Waals surface area (Å²) in [5.41, 5.74) is 12.3. The highest BCUT2D eigenvalue weighted by atomic mass is 15.2. The monoisotopic (exact) mass is 325 g/mol. The van der Waals surface area contributed by atoms with Gasteiger partial charge in [0.2, 0.25) is 5.95 Å². The third-order valence-electron chi connectivity index (χ3n) is 5.69. The highest BCUT2D eigenvalue weighted by Crippen LogP contribution is 2.39. The van der Waals surface area contributed by atoms with E-state index in [0.717, 1.165) is 50.5 Å². The number of anilines is 2. The molecule has 0 radical (unpaired) electrons. The molecule has 0 spiro atoms. The molecule has 24 heavy (non-hydrogen) atoms. The number of nitrogen functional groups attached to an aromatic ring is 1. The fraction of sp³-hybridized carbons (Fsp3) is 0.588. The van der Waals surface area contributed by atoms with E-state index in [-0.39, 0.29) is 0 Å². The smallest absolute Gasteiger partial charge is 0.222 e. The zero-order chi connectivity index (χ0) is 16.1. The summed E-state index contributed by atoms with van der Waals surface area (Å²) in [7, 11) is 0. The van der Waals surface area contributed by atoms with Crippen LogP contribution in [0.4, 0.5) is 11.8 Å². The average Bonchev–Trinajstić information content (AvgIpc) is 2.95. The Morgan fingerprint density at radius 2 is 2.04 bits per heavy atom. The van der Waals surface area contributed by atoms with Crippen molar-refractivity contribution in [1.82, 2.24) is 25.5 Å². The Labute approximate surface area is 141 Å². The molecule has 7 nitrogen and oxygen atoms in total. The minimum atomic E-state index is 0.379. The van der Waals surface area contributed by atoms with Crippen molar-refractivity contribution in [2.24, 2.45) is 0 Å². The van der Waals surface area contributed by atoms with E-state index in [0.29, 0.717) is 11.9 Å². The molecule has 1 aliphatic carbocycles.